The summed E-state index contributed by atoms with van der Waals surface area (Å²) in [4.78, 5) is 19.3. The molecule has 1 unspecified atom stereocenters. The zero-order valence-electron chi connectivity index (χ0n) is 10.5. The van der Waals surface area contributed by atoms with Crippen molar-refractivity contribution in [3.8, 4) is 0 Å². The monoisotopic (exact) mass is 282 g/mol. The number of nitrogens with two attached hydrogens (primary N) is 1. The van der Waals surface area contributed by atoms with Crippen molar-refractivity contribution in [1.82, 2.24) is 14.5 Å². The molecule has 19 heavy (non-hydrogen) atoms. The largest absolute Gasteiger partial charge is 0.370 e. The quantitative estimate of drug-likeness (QED) is 0.638. The van der Waals surface area contributed by atoms with Crippen molar-refractivity contribution in [1.29, 1.82) is 0 Å². The standard InChI is InChI=1S/C12H15ClN4O2/c1-8(13)11-16-9-3-2-4-15-12(9)17(11)5-6-19-7-10(14)18/h2-4,8H,5-7H2,1H3,(H2,14,18). The molecule has 6 nitrogen and oxygen atoms in total. The fourth-order valence-electron chi connectivity index (χ4n) is 1.83. The van der Waals surface area contributed by atoms with Crippen LogP contribution in [-0.2, 0) is 16.1 Å². The number of hydrogen-bond acceptors (Lipinski definition) is 4. The van der Waals surface area contributed by atoms with Crippen LogP contribution in [0.4, 0.5) is 0 Å². The Bertz CT molecular complexity index is 582. The Hall–Kier alpha value is -1.66. The number of aromatic nitrogens is 3. The maximum absolute atomic E-state index is 10.6. The van der Waals surface area contributed by atoms with Gasteiger partial charge in [-0.05, 0) is 19.1 Å². The Balaban J connectivity index is 2.19. The molecule has 0 fully saturated rings. The van der Waals surface area contributed by atoms with Gasteiger partial charge in [0, 0.05) is 12.7 Å². The van der Waals surface area contributed by atoms with Crippen molar-refractivity contribution in [3.05, 3.63) is 24.2 Å². The molecule has 2 aromatic heterocycles. The topological polar surface area (TPSA) is 83.0 Å². The molecule has 1 atom stereocenters. The summed E-state index contributed by atoms with van der Waals surface area (Å²) < 4.78 is 7.05. The molecule has 0 aliphatic carbocycles. The van der Waals surface area contributed by atoms with Crippen molar-refractivity contribution in [2.75, 3.05) is 13.2 Å². The first-order chi connectivity index (χ1) is 9.09. The summed E-state index contributed by atoms with van der Waals surface area (Å²) in [5.74, 6) is 0.248. The Kier molecular flexibility index (Phi) is 4.34. The molecule has 2 heterocycles. The van der Waals surface area contributed by atoms with Crippen molar-refractivity contribution >= 4 is 28.7 Å². The highest BCUT2D eigenvalue weighted by atomic mass is 35.5. The summed E-state index contributed by atoms with van der Waals surface area (Å²) in [7, 11) is 0. The van der Waals surface area contributed by atoms with Gasteiger partial charge in [-0.15, -0.1) is 11.6 Å². The number of ether oxygens (including phenoxy) is 1. The molecule has 0 radical (unpaired) electrons. The third kappa shape index (κ3) is 3.21. The molecule has 2 aromatic rings. The number of carbonyl (C=O) groups is 1. The fraction of sp³-hybridized carbons (Fsp3) is 0.417. The van der Waals surface area contributed by atoms with Crippen molar-refractivity contribution in [2.24, 2.45) is 5.73 Å². The van der Waals surface area contributed by atoms with E-state index in [0.717, 1.165) is 17.0 Å². The van der Waals surface area contributed by atoms with E-state index in [2.05, 4.69) is 9.97 Å². The SMILES string of the molecule is CC(Cl)c1nc2cccnc2n1CCOCC(N)=O. The second-order valence-corrected chi connectivity index (χ2v) is 4.76. The van der Waals surface area contributed by atoms with Gasteiger partial charge < -0.3 is 15.0 Å². The van der Waals surface area contributed by atoms with Crippen molar-refractivity contribution in [3.63, 3.8) is 0 Å². The molecular weight excluding hydrogens is 268 g/mol. The zero-order valence-corrected chi connectivity index (χ0v) is 11.3. The van der Waals surface area contributed by atoms with E-state index in [1.807, 2.05) is 23.6 Å². The zero-order chi connectivity index (χ0) is 13.8. The molecule has 1 amide bonds. The number of alkyl halides is 1. The number of fused-ring (bicyclic) bond motifs is 1. The van der Waals surface area contributed by atoms with Crippen LogP contribution in [0, 0.1) is 0 Å². The number of nitrogens with zero attached hydrogens (tertiary/aromatic N) is 3. The van der Waals surface area contributed by atoms with E-state index in [1.165, 1.54) is 0 Å². The Labute approximate surface area is 115 Å². The Morgan fingerprint density at radius 3 is 3.11 bits per heavy atom. The number of pyridine rings is 1. The molecule has 0 aromatic carbocycles. The summed E-state index contributed by atoms with van der Waals surface area (Å²) in [6.45, 7) is 2.63. The first kappa shape index (κ1) is 13.8. The van der Waals surface area contributed by atoms with E-state index >= 15 is 0 Å². The number of rotatable bonds is 6. The summed E-state index contributed by atoms with van der Waals surface area (Å²) in [6.07, 6.45) is 1.70. The minimum atomic E-state index is -0.487. The predicted molar refractivity (Wildman–Crippen MR) is 71.8 cm³/mol. The van der Waals surface area contributed by atoms with E-state index < -0.39 is 5.91 Å². The van der Waals surface area contributed by atoms with Gasteiger partial charge in [0.15, 0.2) is 5.65 Å². The normalized spacial score (nSPS) is 12.7. The number of halogens is 1. The number of hydrogen-bond donors (Lipinski definition) is 1. The van der Waals surface area contributed by atoms with Gasteiger partial charge in [-0.2, -0.15) is 0 Å². The number of amides is 1. The Morgan fingerprint density at radius 1 is 1.63 bits per heavy atom. The van der Waals surface area contributed by atoms with Gasteiger partial charge in [-0.25, -0.2) is 9.97 Å². The number of imidazole rings is 1. The average Bonchev–Trinajstić information content (AvgIpc) is 2.73. The molecule has 2 N–H and O–H groups in total. The highest BCUT2D eigenvalue weighted by Gasteiger charge is 2.15. The maximum atomic E-state index is 10.6. The highest BCUT2D eigenvalue weighted by Crippen LogP contribution is 2.22. The van der Waals surface area contributed by atoms with E-state index in [9.17, 15) is 4.79 Å². The summed E-state index contributed by atoms with van der Waals surface area (Å²) in [5.41, 5.74) is 6.55. The van der Waals surface area contributed by atoms with Crippen LogP contribution in [-0.4, -0.2) is 33.7 Å². The molecule has 2 rings (SSSR count). The first-order valence-electron chi connectivity index (χ1n) is 5.91. The lowest BCUT2D eigenvalue weighted by Crippen LogP contribution is -2.20. The van der Waals surface area contributed by atoms with Gasteiger partial charge in [-0.1, -0.05) is 0 Å². The number of carbonyl (C=O) groups excluding carboxylic acids is 1. The minimum absolute atomic E-state index is 0.0914. The number of primary amides is 1. The van der Waals surface area contributed by atoms with E-state index in [-0.39, 0.29) is 12.0 Å². The third-order valence-electron chi connectivity index (χ3n) is 2.59. The molecular formula is C12H15ClN4O2. The van der Waals surface area contributed by atoms with Crippen molar-refractivity contribution in [2.45, 2.75) is 18.8 Å². The van der Waals surface area contributed by atoms with Crippen LogP contribution in [0.5, 0.6) is 0 Å². The van der Waals surface area contributed by atoms with Crippen molar-refractivity contribution < 1.29 is 9.53 Å². The molecule has 0 aliphatic heterocycles. The predicted octanol–water partition coefficient (Wildman–Crippen LogP) is 1.23. The van der Waals surface area contributed by atoms with Crippen LogP contribution in [0.2, 0.25) is 0 Å². The summed E-state index contributed by atoms with van der Waals surface area (Å²) in [5, 5.41) is -0.231. The van der Waals surface area contributed by atoms with Crippen LogP contribution in [0.25, 0.3) is 11.2 Å². The lowest BCUT2D eigenvalue weighted by molar-refractivity contribution is -0.122. The smallest absolute Gasteiger partial charge is 0.243 e. The second-order valence-electron chi connectivity index (χ2n) is 4.10. The van der Waals surface area contributed by atoms with Gasteiger partial charge in [0.05, 0.1) is 12.0 Å². The van der Waals surface area contributed by atoms with Crippen LogP contribution in [0.1, 0.15) is 18.1 Å². The van der Waals surface area contributed by atoms with E-state index in [0.29, 0.717) is 13.2 Å². The maximum Gasteiger partial charge on any atom is 0.243 e. The first-order valence-corrected chi connectivity index (χ1v) is 6.34. The molecule has 0 bridgehead atoms. The molecule has 102 valence electrons. The second kappa shape index (κ2) is 5.99. The summed E-state index contributed by atoms with van der Waals surface area (Å²) in [6, 6.07) is 3.71. The lowest BCUT2D eigenvalue weighted by atomic mass is 10.4. The fourth-order valence-corrected chi connectivity index (χ4v) is 2.00. The van der Waals surface area contributed by atoms with Gasteiger partial charge in [-0.3, -0.25) is 4.79 Å². The molecule has 0 aliphatic rings. The van der Waals surface area contributed by atoms with Crippen LogP contribution < -0.4 is 5.73 Å². The summed E-state index contributed by atoms with van der Waals surface area (Å²) >= 11 is 6.12. The van der Waals surface area contributed by atoms with Gasteiger partial charge >= 0.3 is 0 Å². The van der Waals surface area contributed by atoms with Gasteiger partial charge in [0.1, 0.15) is 17.9 Å². The van der Waals surface area contributed by atoms with Crippen LogP contribution in [0.3, 0.4) is 0 Å². The third-order valence-corrected chi connectivity index (χ3v) is 2.79. The van der Waals surface area contributed by atoms with Crippen LogP contribution in [0.15, 0.2) is 18.3 Å². The Morgan fingerprint density at radius 2 is 2.42 bits per heavy atom. The average molecular weight is 283 g/mol. The van der Waals surface area contributed by atoms with Crippen LogP contribution >= 0.6 is 11.6 Å². The molecule has 0 saturated heterocycles. The van der Waals surface area contributed by atoms with E-state index in [4.69, 9.17) is 22.1 Å². The minimum Gasteiger partial charge on any atom is -0.370 e. The molecule has 7 heteroatoms. The van der Waals surface area contributed by atoms with E-state index in [1.54, 1.807) is 6.20 Å². The molecule has 0 saturated carbocycles. The van der Waals surface area contributed by atoms with Gasteiger partial charge in [0.25, 0.3) is 0 Å². The molecule has 0 spiro atoms. The van der Waals surface area contributed by atoms with Gasteiger partial charge in [0.2, 0.25) is 5.91 Å². The highest BCUT2D eigenvalue weighted by molar-refractivity contribution is 6.20. The lowest BCUT2D eigenvalue weighted by Gasteiger charge is -2.09.